The largest absolute Gasteiger partial charge is 0.468 e. The van der Waals surface area contributed by atoms with E-state index in [2.05, 4.69) is 24.1 Å². The predicted molar refractivity (Wildman–Crippen MR) is 69.9 cm³/mol. The van der Waals surface area contributed by atoms with Crippen LogP contribution in [-0.2, 0) is 6.54 Å². The Balaban J connectivity index is 1.62. The Kier molecular flexibility index (Phi) is 4.24. The molecule has 0 aliphatic carbocycles. The van der Waals surface area contributed by atoms with Crippen LogP contribution in [0.15, 0.2) is 22.8 Å². The Hall–Kier alpha value is -0.800. The molecule has 1 aliphatic rings. The topological polar surface area (TPSA) is 28.4 Å². The molecule has 3 nitrogen and oxygen atoms in total. The van der Waals surface area contributed by atoms with Gasteiger partial charge in [0.05, 0.1) is 12.8 Å². The van der Waals surface area contributed by atoms with Gasteiger partial charge in [0.15, 0.2) is 0 Å². The summed E-state index contributed by atoms with van der Waals surface area (Å²) >= 11 is 0. The number of nitrogens with one attached hydrogen (secondary N) is 1. The summed E-state index contributed by atoms with van der Waals surface area (Å²) < 4.78 is 5.28. The number of nitrogens with zero attached hydrogens (tertiary/aromatic N) is 1. The average Bonchev–Trinajstić information content (AvgIpc) is 2.76. The fourth-order valence-corrected chi connectivity index (χ4v) is 2.60. The first-order valence-corrected chi connectivity index (χ1v) is 6.61. The van der Waals surface area contributed by atoms with Crippen molar-refractivity contribution in [2.75, 3.05) is 26.2 Å². The molecule has 0 amide bonds. The van der Waals surface area contributed by atoms with Gasteiger partial charge in [0, 0.05) is 19.6 Å². The van der Waals surface area contributed by atoms with Gasteiger partial charge < -0.3 is 14.6 Å². The molecule has 3 heteroatoms. The zero-order chi connectivity index (χ0) is 12.1. The van der Waals surface area contributed by atoms with Crippen LogP contribution in [0.5, 0.6) is 0 Å². The van der Waals surface area contributed by atoms with E-state index in [1.54, 1.807) is 6.26 Å². The molecule has 1 aromatic heterocycles. The standard InChI is InChI=1S/C14H24N2O/c1-14(2)6-4-8-16(12-14)9-7-15-11-13-5-3-10-17-13/h3,5,10,15H,4,6-9,11-12H2,1-2H3. The third-order valence-electron chi connectivity index (χ3n) is 3.46. The molecule has 0 bridgehead atoms. The summed E-state index contributed by atoms with van der Waals surface area (Å²) in [5.41, 5.74) is 0.499. The lowest BCUT2D eigenvalue weighted by atomic mass is 9.84. The Labute approximate surface area is 104 Å². The minimum absolute atomic E-state index is 0.499. The second-order valence-electron chi connectivity index (χ2n) is 5.80. The van der Waals surface area contributed by atoms with Crippen molar-refractivity contribution in [2.45, 2.75) is 33.2 Å². The Morgan fingerprint density at radius 3 is 3.06 bits per heavy atom. The van der Waals surface area contributed by atoms with E-state index >= 15 is 0 Å². The molecule has 17 heavy (non-hydrogen) atoms. The van der Waals surface area contributed by atoms with Crippen molar-refractivity contribution in [3.63, 3.8) is 0 Å². The predicted octanol–water partition coefficient (Wildman–Crippen LogP) is 2.49. The number of rotatable bonds is 5. The van der Waals surface area contributed by atoms with Crippen molar-refractivity contribution in [1.29, 1.82) is 0 Å². The van der Waals surface area contributed by atoms with Crippen molar-refractivity contribution < 1.29 is 4.42 Å². The summed E-state index contributed by atoms with van der Waals surface area (Å²) in [5.74, 6) is 1.02. The van der Waals surface area contributed by atoms with Gasteiger partial charge in [-0.05, 0) is 36.9 Å². The molecule has 0 saturated carbocycles. The maximum atomic E-state index is 5.28. The average molecular weight is 236 g/mol. The number of hydrogen-bond acceptors (Lipinski definition) is 3. The summed E-state index contributed by atoms with van der Waals surface area (Å²) in [6, 6.07) is 3.95. The zero-order valence-corrected chi connectivity index (χ0v) is 11.0. The molecular formula is C14H24N2O. The van der Waals surface area contributed by atoms with E-state index in [-0.39, 0.29) is 0 Å². The summed E-state index contributed by atoms with van der Waals surface area (Å²) in [5, 5.41) is 3.43. The van der Waals surface area contributed by atoms with Crippen LogP contribution in [-0.4, -0.2) is 31.1 Å². The first kappa shape index (κ1) is 12.7. The van der Waals surface area contributed by atoms with Gasteiger partial charge in [-0.3, -0.25) is 0 Å². The normalized spacial score (nSPS) is 20.6. The molecule has 0 unspecified atom stereocenters. The van der Waals surface area contributed by atoms with Crippen LogP contribution in [0.3, 0.4) is 0 Å². The van der Waals surface area contributed by atoms with Gasteiger partial charge in [0.25, 0.3) is 0 Å². The fourth-order valence-electron chi connectivity index (χ4n) is 2.60. The van der Waals surface area contributed by atoms with Crippen LogP contribution in [0.1, 0.15) is 32.4 Å². The van der Waals surface area contributed by atoms with Crippen LogP contribution in [0, 0.1) is 5.41 Å². The third kappa shape index (κ3) is 4.17. The van der Waals surface area contributed by atoms with Crippen molar-refractivity contribution in [3.05, 3.63) is 24.2 Å². The molecule has 1 aromatic rings. The highest BCUT2D eigenvalue weighted by atomic mass is 16.3. The number of furan rings is 1. The second-order valence-corrected chi connectivity index (χ2v) is 5.80. The summed E-state index contributed by atoms with van der Waals surface area (Å²) in [6.07, 6.45) is 4.43. The van der Waals surface area contributed by atoms with Crippen molar-refractivity contribution in [3.8, 4) is 0 Å². The van der Waals surface area contributed by atoms with Crippen LogP contribution < -0.4 is 5.32 Å². The summed E-state index contributed by atoms with van der Waals surface area (Å²) in [6.45, 7) is 10.2. The number of piperidine rings is 1. The summed E-state index contributed by atoms with van der Waals surface area (Å²) in [4.78, 5) is 2.57. The Morgan fingerprint density at radius 2 is 2.35 bits per heavy atom. The van der Waals surface area contributed by atoms with E-state index in [0.717, 1.165) is 25.4 Å². The minimum Gasteiger partial charge on any atom is -0.468 e. The molecule has 1 fully saturated rings. The van der Waals surface area contributed by atoms with Crippen LogP contribution in [0.25, 0.3) is 0 Å². The number of likely N-dealkylation sites (tertiary alicyclic amines) is 1. The van der Waals surface area contributed by atoms with E-state index in [1.807, 2.05) is 12.1 Å². The maximum absolute atomic E-state index is 5.28. The highest BCUT2D eigenvalue weighted by molar-refractivity contribution is 4.97. The van der Waals surface area contributed by atoms with Gasteiger partial charge in [0.2, 0.25) is 0 Å². The maximum Gasteiger partial charge on any atom is 0.117 e. The van der Waals surface area contributed by atoms with E-state index in [1.165, 1.54) is 25.9 Å². The minimum atomic E-state index is 0.499. The molecular weight excluding hydrogens is 212 g/mol. The van der Waals surface area contributed by atoms with Crippen molar-refractivity contribution >= 4 is 0 Å². The van der Waals surface area contributed by atoms with Gasteiger partial charge >= 0.3 is 0 Å². The molecule has 0 spiro atoms. The van der Waals surface area contributed by atoms with E-state index < -0.39 is 0 Å². The highest BCUT2D eigenvalue weighted by Gasteiger charge is 2.25. The molecule has 1 aliphatic heterocycles. The van der Waals surface area contributed by atoms with Crippen molar-refractivity contribution in [1.82, 2.24) is 10.2 Å². The monoisotopic (exact) mass is 236 g/mol. The molecule has 1 saturated heterocycles. The van der Waals surface area contributed by atoms with E-state index in [0.29, 0.717) is 5.41 Å². The highest BCUT2D eigenvalue weighted by Crippen LogP contribution is 2.27. The Bertz CT molecular complexity index is 319. The lowest BCUT2D eigenvalue weighted by Crippen LogP contribution is -2.42. The summed E-state index contributed by atoms with van der Waals surface area (Å²) in [7, 11) is 0. The number of hydrogen-bond donors (Lipinski definition) is 1. The van der Waals surface area contributed by atoms with Gasteiger partial charge in [-0.2, -0.15) is 0 Å². The molecule has 0 radical (unpaired) electrons. The van der Waals surface area contributed by atoms with E-state index in [9.17, 15) is 0 Å². The van der Waals surface area contributed by atoms with Gasteiger partial charge in [-0.15, -0.1) is 0 Å². The lowest BCUT2D eigenvalue weighted by molar-refractivity contribution is 0.118. The lowest BCUT2D eigenvalue weighted by Gasteiger charge is -2.38. The third-order valence-corrected chi connectivity index (χ3v) is 3.46. The molecule has 1 N–H and O–H groups in total. The SMILES string of the molecule is CC1(C)CCCN(CCNCc2ccco2)C1. The second kappa shape index (κ2) is 5.69. The van der Waals surface area contributed by atoms with Gasteiger partial charge in [-0.1, -0.05) is 13.8 Å². The molecule has 0 aromatic carbocycles. The van der Waals surface area contributed by atoms with Crippen LogP contribution in [0.4, 0.5) is 0 Å². The molecule has 2 rings (SSSR count). The molecule has 2 heterocycles. The Morgan fingerprint density at radius 1 is 1.47 bits per heavy atom. The van der Waals surface area contributed by atoms with E-state index in [4.69, 9.17) is 4.42 Å². The zero-order valence-electron chi connectivity index (χ0n) is 11.0. The molecule has 0 atom stereocenters. The van der Waals surface area contributed by atoms with Gasteiger partial charge in [0.1, 0.15) is 5.76 Å². The first-order chi connectivity index (χ1) is 8.16. The van der Waals surface area contributed by atoms with Crippen LogP contribution in [0.2, 0.25) is 0 Å². The van der Waals surface area contributed by atoms with Gasteiger partial charge in [-0.25, -0.2) is 0 Å². The van der Waals surface area contributed by atoms with Crippen molar-refractivity contribution in [2.24, 2.45) is 5.41 Å². The van der Waals surface area contributed by atoms with Crippen LogP contribution >= 0.6 is 0 Å². The quantitative estimate of drug-likeness (QED) is 0.796. The fraction of sp³-hybridized carbons (Fsp3) is 0.714. The first-order valence-electron chi connectivity index (χ1n) is 6.61. The molecule has 96 valence electrons. The smallest absolute Gasteiger partial charge is 0.117 e.